The fourth-order valence-electron chi connectivity index (χ4n) is 1.73. The topological polar surface area (TPSA) is 78.8 Å². The Kier molecular flexibility index (Phi) is 4.03. The van der Waals surface area contributed by atoms with Crippen LogP contribution in [0.1, 0.15) is 11.1 Å². The highest BCUT2D eigenvalue weighted by molar-refractivity contribution is 5.97. The quantitative estimate of drug-likeness (QED) is 0.445. The minimum Gasteiger partial charge on any atom is -0.504 e. The summed E-state index contributed by atoms with van der Waals surface area (Å²) < 4.78 is 0. The summed E-state index contributed by atoms with van der Waals surface area (Å²) in [5.41, 5.74) is 7.68. The van der Waals surface area contributed by atoms with E-state index >= 15 is 0 Å². The van der Waals surface area contributed by atoms with Crippen molar-refractivity contribution in [1.82, 2.24) is 0 Å². The molecule has 0 unspecified atom stereocenters. The van der Waals surface area contributed by atoms with E-state index in [-0.39, 0.29) is 11.5 Å². The largest absolute Gasteiger partial charge is 0.504 e. The Labute approximate surface area is 111 Å². The molecule has 4 heteroatoms. The van der Waals surface area contributed by atoms with Crippen molar-refractivity contribution < 1.29 is 10.2 Å². The third-order valence-corrected chi connectivity index (χ3v) is 2.79. The highest BCUT2D eigenvalue weighted by Crippen LogP contribution is 2.24. The Balaban J connectivity index is 1.97. The Hall–Kier alpha value is -2.49. The lowest BCUT2D eigenvalue weighted by atomic mass is 10.1. The van der Waals surface area contributed by atoms with E-state index in [1.165, 1.54) is 12.1 Å². The van der Waals surface area contributed by atoms with Gasteiger partial charge in [0.15, 0.2) is 11.5 Å². The molecule has 2 aromatic carbocycles. The molecule has 0 amide bonds. The summed E-state index contributed by atoms with van der Waals surface area (Å²) in [7, 11) is 0. The lowest BCUT2D eigenvalue weighted by Gasteiger charge is -2.03. The van der Waals surface area contributed by atoms with Crippen LogP contribution in [0.5, 0.6) is 11.5 Å². The predicted octanol–water partition coefficient (Wildman–Crippen LogP) is 2.05. The van der Waals surface area contributed by atoms with Gasteiger partial charge in [0.05, 0.1) is 0 Å². The number of rotatable bonds is 4. The summed E-state index contributed by atoms with van der Waals surface area (Å²) in [6.45, 7) is 0.533. The van der Waals surface area contributed by atoms with Crippen LogP contribution in [-0.4, -0.2) is 22.6 Å². The third-order valence-electron chi connectivity index (χ3n) is 2.79. The van der Waals surface area contributed by atoms with Gasteiger partial charge in [-0.25, -0.2) is 0 Å². The molecule has 0 fully saturated rings. The molecule has 0 atom stereocenters. The number of phenols is 2. The van der Waals surface area contributed by atoms with E-state index < -0.39 is 0 Å². The standard InChI is InChI=1S/C15H16N2O2/c16-15(12-4-2-1-3-5-12)17-9-8-11-6-7-13(18)14(19)10-11/h1-7,10,18-19H,8-9H2,(H2,16,17). The van der Waals surface area contributed by atoms with Gasteiger partial charge < -0.3 is 15.9 Å². The lowest BCUT2D eigenvalue weighted by molar-refractivity contribution is 0.403. The first kappa shape index (κ1) is 13.0. The second-order valence-corrected chi connectivity index (χ2v) is 4.21. The zero-order chi connectivity index (χ0) is 13.7. The molecule has 0 aliphatic rings. The van der Waals surface area contributed by atoms with Crippen LogP contribution in [0.4, 0.5) is 0 Å². The van der Waals surface area contributed by atoms with Crippen molar-refractivity contribution in [2.75, 3.05) is 6.54 Å². The maximum absolute atomic E-state index is 9.38. The number of hydrogen-bond acceptors (Lipinski definition) is 3. The molecule has 2 aromatic rings. The zero-order valence-electron chi connectivity index (χ0n) is 10.5. The summed E-state index contributed by atoms with van der Waals surface area (Å²) in [5, 5.41) is 18.6. The predicted molar refractivity (Wildman–Crippen MR) is 75.5 cm³/mol. The first-order valence-electron chi connectivity index (χ1n) is 6.03. The maximum Gasteiger partial charge on any atom is 0.157 e. The fraction of sp³-hybridized carbons (Fsp3) is 0.133. The average molecular weight is 256 g/mol. The van der Waals surface area contributed by atoms with E-state index in [1.54, 1.807) is 6.07 Å². The Morgan fingerprint density at radius 1 is 1.00 bits per heavy atom. The van der Waals surface area contributed by atoms with E-state index in [0.29, 0.717) is 18.8 Å². The molecule has 0 saturated heterocycles. The van der Waals surface area contributed by atoms with Crippen LogP contribution in [0.25, 0.3) is 0 Å². The van der Waals surface area contributed by atoms with Gasteiger partial charge in [-0.2, -0.15) is 0 Å². The molecule has 4 N–H and O–H groups in total. The number of nitrogens with zero attached hydrogens (tertiary/aromatic N) is 1. The van der Waals surface area contributed by atoms with Crippen molar-refractivity contribution in [2.45, 2.75) is 6.42 Å². The molecule has 0 aliphatic carbocycles. The van der Waals surface area contributed by atoms with E-state index in [2.05, 4.69) is 4.99 Å². The highest BCUT2D eigenvalue weighted by atomic mass is 16.3. The molecule has 0 saturated carbocycles. The molecule has 0 bridgehead atoms. The molecule has 2 rings (SSSR count). The first-order chi connectivity index (χ1) is 9.16. The minimum absolute atomic E-state index is 0.113. The Bertz CT molecular complexity index is 580. The number of nitrogens with two attached hydrogens (primary N) is 1. The summed E-state index contributed by atoms with van der Waals surface area (Å²) in [6.07, 6.45) is 0.654. The van der Waals surface area contributed by atoms with Crippen molar-refractivity contribution in [3.63, 3.8) is 0 Å². The smallest absolute Gasteiger partial charge is 0.157 e. The average Bonchev–Trinajstić information content (AvgIpc) is 2.43. The first-order valence-corrected chi connectivity index (χ1v) is 6.03. The van der Waals surface area contributed by atoms with Crippen LogP contribution in [0.3, 0.4) is 0 Å². The van der Waals surface area contributed by atoms with E-state index in [0.717, 1.165) is 11.1 Å². The second kappa shape index (κ2) is 5.91. The number of aliphatic imine (C=N–C) groups is 1. The molecule has 19 heavy (non-hydrogen) atoms. The van der Waals surface area contributed by atoms with Gasteiger partial charge in [-0.15, -0.1) is 0 Å². The molecule has 0 heterocycles. The number of benzene rings is 2. The van der Waals surface area contributed by atoms with E-state index in [9.17, 15) is 10.2 Å². The van der Waals surface area contributed by atoms with E-state index in [1.807, 2.05) is 30.3 Å². The monoisotopic (exact) mass is 256 g/mol. The van der Waals surface area contributed by atoms with Gasteiger partial charge in [-0.3, -0.25) is 4.99 Å². The van der Waals surface area contributed by atoms with Crippen LogP contribution in [-0.2, 0) is 6.42 Å². The van der Waals surface area contributed by atoms with Gasteiger partial charge in [0.25, 0.3) is 0 Å². The van der Waals surface area contributed by atoms with Crippen LogP contribution >= 0.6 is 0 Å². The minimum atomic E-state index is -0.115. The molecule has 0 spiro atoms. The normalized spacial score (nSPS) is 11.5. The van der Waals surface area contributed by atoms with Crippen molar-refractivity contribution in [3.8, 4) is 11.5 Å². The van der Waals surface area contributed by atoms with Crippen molar-refractivity contribution in [1.29, 1.82) is 0 Å². The van der Waals surface area contributed by atoms with Gasteiger partial charge in [-0.1, -0.05) is 36.4 Å². The molecular formula is C15H16N2O2. The van der Waals surface area contributed by atoms with Crippen molar-refractivity contribution >= 4 is 5.84 Å². The van der Waals surface area contributed by atoms with E-state index in [4.69, 9.17) is 5.73 Å². The molecular weight excluding hydrogens is 240 g/mol. The van der Waals surface area contributed by atoms with Crippen LogP contribution in [0, 0.1) is 0 Å². The molecule has 98 valence electrons. The maximum atomic E-state index is 9.38. The summed E-state index contributed by atoms with van der Waals surface area (Å²) in [6, 6.07) is 14.3. The SMILES string of the molecule is NC(=NCCc1ccc(O)c(O)c1)c1ccccc1. The van der Waals surface area contributed by atoms with Crippen LogP contribution in [0.2, 0.25) is 0 Å². The highest BCUT2D eigenvalue weighted by Gasteiger charge is 2.01. The molecule has 4 nitrogen and oxygen atoms in total. The molecule has 0 aliphatic heterocycles. The van der Waals surface area contributed by atoms with Gasteiger partial charge in [0.1, 0.15) is 5.84 Å². The van der Waals surface area contributed by atoms with Gasteiger partial charge >= 0.3 is 0 Å². The number of aromatic hydroxyl groups is 2. The van der Waals surface area contributed by atoms with Gasteiger partial charge in [0.2, 0.25) is 0 Å². The fourth-order valence-corrected chi connectivity index (χ4v) is 1.73. The summed E-state index contributed by atoms with van der Waals surface area (Å²) in [5.74, 6) is 0.275. The molecule has 0 radical (unpaired) electrons. The van der Waals surface area contributed by atoms with Gasteiger partial charge in [-0.05, 0) is 24.1 Å². The number of amidine groups is 1. The zero-order valence-corrected chi connectivity index (χ0v) is 10.5. The summed E-state index contributed by atoms with van der Waals surface area (Å²) in [4.78, 5) is 4.29. The Morgan fingerprint density at radius 3 is 2.42 bits per heavy atom. The van der Waals surface area contributed by atoms with Crippen molar-refractivity contribution in [2.24, 2.45) is 10.7 Å². The Morgan fingerprint density at radius 2 is 1.74 bits per heavy atom. The van der Waals surface area contributed by atoms with Crippen LogP contribution < -0.4 is 5.73 Å². The third kappa shape index (κ3) is 3.48. The summed E-state index contributed by atoms with van der Waals surface area (Å²) >= 11 is 0. The van der Waals surface area contributed by atoms with Crippen LogP contribution in [0.15, 0.2) is 53.5 Å². The number of hydrogen-bond donors (Lipinski definition) is 3. The second-order valence-electron chi connectivity index (χ2n) is 4.21. The van der Waals surface area contributed by atoms with Crippen molar-refractivity contribution in [3.05, 3.63) is 59.7 Å². The van der Waals surface area contributed by atoms with Gasteiger partial charge in [0, 0.05) is 12.1 Å². The number of phenolic OH excluding ortho intramolecular Hbond substituents is 2. The molecule has 0 aromatic heterocycles. The lowest BCUT2D eigenvalue weighted by Crippen LogP contribution is -2.14.